The summed E-state index contributed by atoms with van der Waals surface area (Å²) in [5.74, 6) is 0.627. The fourth-order valence-corrected chi connectivity index (χ4v) is 2.37. The van der Waals surface area contributed by atoms with Crippen LogP contribution in [-0.2, 0) is 0 Å². The third kappa shape index (κ3) is 3.08. The van der Waals surface area contributed by atoms with Gasteiger partial charge in [-0.2, -0.15) is 4.98 Å². The molecule has 1 aromatic heterocycles. The van der Waals surface area contributed by atoms with Crippen LogP contribution in [0, 0.1) is 16.0 Å². The molecule has 0 amide bonds. The van der Waals surface area contributed by atoms with Crippen LogP contribution in [0.2, 0.25) is 0 Å². The number of likely N-dealkylation sites (tertiary alicyclic amines) is 1. The molecule has 3 N–H and O–H groups in total. The Labute approximate surface area is 111 Å². The van der Waals surface area contributed by atoms with E-state index in [1.54, 1.807) is 0 Å². The van der Waals surface area contributed by atoms with Gasteiger partial charge in [0.2, 0.25) is 11.8 Å². The highest BCUT2D eigenvalue weighted by Crippen LogP contribution is 2.26. The van der Waals surface area contributed by atoms with E-state index in [4.69, 9.17) is 5.73 Å². The Bertz CT molecular complexity index is 480. The molecule has 2 heterocycles. The minimum Gasteiger partial charge on any atom is -0.368 e. The number of nitrogen functional groups attached to an aromatic ring is 1. The van der Waals surface area contributed by atoms with E-state index in [-0.39, 0.29) is 23.5 Å². The Balaban J connectivity index is 2.18. The number of nitrogens with zero attached hydrogens (tertiary/aromatic N) is 4. The Morgan fingerprint density at radius 1 is 1.63 bits per heavy atom. The lowest BCUT2D eigenvalue weighted by atomic mass is 9.94. The maximum absolute atomic E-state index is 10.9. The highest BCUT2D eigenvalue weighted by molar-refractivity contribution is 5.56. The molecule has 2 atom stereocenters. The molecule has 1 saturated heterocycles. The summed E-state index contributed by atoms with van der Waals surface area (Å²) in [6, 6.07) is 0.157. The van der Waals surface area contributed by atoms with Crippen LogP contribution >= 0.6 is 0 Å². The quantitative estimate of drug-likeness (QED) is 0.612. The van der Waals surface area contributed by atoms with Crippen molar-refractivity contribution >= 4 is 17.5 Å². The van der Waals surface area contributed by atoms with E-state index in [0.717, 1.165) is 25.7 Å². The van der Waals surface area contributed by atoms with Gasteiger partial charge in [-0.3, -0.25) is 10.1 Å². The predicted octanol–water partition coefficient (Wildman–Crippen LogP) is 0.719. The number of hydrogen-bond donors (Lipinski definition) is 2. The van der Waals surface area contributed by atoms with Crippen molar-refractivity contribution in [2.24, 2.45) is 5.92 Å². The topological polar surface area (TPSA) is 110 Å². The van der Waals surface area contributed by atoms with Crippen molar-refractivity contribution in [3.63, 3.8) is 0 Å². The molecule has 8 heteroatoms. The van der Waals surface area contributed by atoms with Gasteiger partial charge in [-0.05, 0) is 25.9 Å². The van der Waals surface area contributed by atoms with Gasteiger partial charge in [-0.15, -0.1) is 0 Å². The summed E-state index contributed by atoms with van der Waals surface area (Å²) in [5.41, 5.74) is 5.36. The summed E-state index contributed by atoms with van der Waals surface area (Å²) in [6.45, 7) is 4.02. The minimum absolute atomic E-state index is 0.0358. The lowest BCUT2D eigenvalue weighted by Crippen LogP contribution is -2.43. The van der Waals surface area contributed by atoms with E-state index >= 15 is 0 Å². The zero-order valence-electron chi connectivity index (χ0n) is 11.0. The highest BCUT2D eigenvalue weighted by atomic mass is 16.6. The van der Waals surface area contributed by atoms with E-state index in [0.29, 0.717) is 5.92 Å². The second kappa shape index (κ2) is 5.35. The molecule has 0 radical (unpaired) electrons. The molecule has 1 aromatic rings. The molecule has 0 saturated carbocycles. The summed E-state index contributed by atoms with van der Waals surface area (Å²) in [4.78, 5) is 20.3. The average Bonchev–Trinajstić information content (AvgIpc) is 2.32. The Hall–Kier alpha value is -1.96. The largest absolute Gasteiger partial charge is 0.368 e. The fourth-order valence-electron chi connectivity index (χ4n) is 2.37. The second-order valence-electron chi connectivity index (χ2n) is 5.00. The van der Waals surface area contributed by atoms with Crippen LogP contribution < -0.4 is 11.1 Å². The van der Waals surface area contributed by atoms with Crippen molar-refractivity contribution in [1.29, 1.82) is 0 Å². The van der Waals surface area contributed by atoms with Crippen LogP contribution in [0.25, 0.3) is 0 Å². The molecule has 0 aliphatic carbocycles. The first-order chi connectivity index (χ1) is 8.97. The zero-order chi connectivity index (χ0) is 14.0. The molecular weight excluding hydrogens is 248 g/mol. The molecule has 1 aliphatic rings. The van der Waals surface area contributed by atoms with Gasteiger partial charge in [0.25, 0.3) is 0 Å². The number of nitrogens with two attached hydrogens (primary N) is 1. The Morgan fingerprint density at radius 2 is 2.37 bits per heavy atom. The average molecular weight is 266 g/mol. The van der Waals surface area contributed by atoms with Crippen molar-refractivity contribution in [3.8, 4) is 0 Å². The summed E-state index contributed by atoms with van der Waals surface area (Å²) < 4.78 is 0. The third-order valence-electron chi connectivity index (χ3n) is 3.42. The number of nitrogens with one attached hydrogen (secondary N) is 1. The minimum atomic E-state index is -0.499. The first kappa shape index (κ1) is 13.5. The summed E-state index contributed by atoms with van der Waals surface area (Å²) in [6.07, 6.45) is 2.06. The number of nitro groups is 1. The van der Waals surface area contributed by atoms with Gasteiger partial charge in [0.05, 0.1) is 4.92 Å². The van der Waals surface area contributed by atoms with Crippen molar-refractivity contribution in [2.45, 2.75) is 19.4 Å². The van der Waals surface area contributed by atoms with Gasteiger partial charge in [-0.25, -0.2) is 4.98 Å². The van der Waals surface area contributed by atoms with Crippen molar-refractivity contribution < 1.29 is 4.92 Å². The second-order valence-corrected chi connectivity index (χ2v) is 5.00. The number of piperidine rings is 1. The van der Waals surface area contributed by atoms with Gasteiger partial charge in [-0.1, -0.05) is 6.92 Å². The molecule has 1 aliphatic heterocycles. The van der Waals surface area contributed by atoms with E-state index in [1.165, 1.54) is 0 Å². The summed E-state index contributed by atoms with van der Waals surface area (Å²) >= 11 is 0. The van der Waals surface area contributed by atoms with Gasteiger partial charge in [0, 0.05) is 12.6 Å². The lowest BCUT2D eigenvalue weighted by Gasteiger charge is -2.35. The Kier molecular flexibility index (Phi) is 3.79. The predicted molar refractivity (Wildman–Crippen MR) is 71.8 cm³/mol. The zero-order valence-corrected chi connectivity index (χ0v) is 11.0. The smallest absolute Gasteiger partial charge is 0.329 e. The number of hydrogen-bond acceptors (Lipinski definition) is 7. The van der Waals surface area contributed by atoms with E-state index in [1.807, 2.05) is 0 Å². The van der Waals surface area contributed by atoms with Crippen LogP contribution in [0.1, 0.15) is 13.3 Å². The van der Waals surface area contributed by atoms with Gasteiger partial charge in [0.1, 0.15) is 6.20 Å². The molecular formula is C11H18N6O2. The number of aromatic nitrogens is 2. The Morgan fingerprint density at radius 3 is 3.00 bits per heavy atom. The SMILES string of the molecule is CC1CN(C)CCC1Nc1nc(N)ncc1[N+](=O)[O-]. The van der Waals surface area contributed by atoms with E-state index in [9.17, 15) is 10.1 Å². The van der Waals surface area contributed by atoms with Crippen LogP contribution in [-0.4, -0.2) is 46.0 Å². The monoisotopic (exact) mass is 266 g/mol. The van der Waals surface area contributed by atoms with Crippen LogP contribution in [0.15, 0.2) is 6.20 Å². The van der Waals surface area contributed by atoms with Crippen molar-refractivity contribution in [3.05, 3.63) is 16.3 Å². The lowest BCUT2D eigenvalue weighted by molar-refractivity contribution is -0.384. The number of rotatable bonds is 3. The van der Waals surface area contributed by atoms with Crippen LogP contribution in [0.4, 0.5) is 17.5 Å². The van der Waals surface area contributed by atoms with E-state index < -0.39 is 4.92 Å². The summed E-state index contributed by atoms with van der Waals surface area (Å²) in [7, 11) is 2.07. The molecule has 19 heavy (non-hydrogen) atoms. The molecule has 0 bridgehead atoms. The van der Waals surface area contributed by atoms with Gasteiger partial charge < -0.3 is 16.0 Å². The molecule has 1 fully saturated rings. The molecule has 2 rings (SSSR count). The first-order valence-electron chi connectivity index (χ1n) is 6.19. The maximum Gasteiger partial charge on any atom is 0.329 e. The fraction of sp³-hybridized carbons (Fsp3) is 0.636. The number of anilines is 2. The molecule has 0 aromatic carbocycles. The highest BCUT2D eigenvalue weighted by Gasteiger charge is 2.27. The third-order valence-corrected chi connectivity index (χ3v) is 3.42. The normalized spacial score (nSPS) is 24.1. The van der Waals surface area contributed by atoms with Crippen LogP contribution in [0.5, 0.6) is 0 Å². The standard InChI is InChI=1S/C11H18N6O2/c1-7-6-16(2)4-3-8(7)14-10-9(17(18)19)5-13-11(12)15-10/h5,7-8H,3-4,6H2,1-2H3,(H3,12,13,14,15). The molecule has 8 nitrogen and oxygen atoms in total. The molecule has 104 valence electrons. The van der Waals surface area contributed by atoms with Crippen molar-refractivity contribution in [1.82, 2.24) is 14.9 Å². The van der Waals surface area contributed by atoms with E-state index in [2.05, 4.69) is 34.2 Å². The van der Waals surface area contributed by atoms with Gasteiger partial charge in [0.15, 0.2) is 0 Å². The first-order valence-corrected chi connectivity index (χ1v) is 6.19. The van der Waals surface area contributed by atoms with Crippen molar-refractivity contribution in [2.75, 3.05) is 31.2 Å². The summed E-state index contributed by atoms with van der Waals surface area (Å²) in [5, 5.41) is 14.1. The molecule has 2 unspecified atom stereocenters. The van der Waals surface area contributed by atoms with Crippen LogP contribution in [0.3, 0.4) is 0 Å². The maximum atomic E-state index is 10.9. The van der Waals surface area contributed by atoms with Gasteiger partial charge >= 0.3 is 5.69 Å². The molecule has 0 spiro atoms.